The predicted molar refractivity (Wildman–Crippen MR) is 75.5 cm³/mol. The lowest BCUT2D eigenvalue weighted by atomic mass is 10.00. The number of ketones is 1. The third kappa shape index (κ3) is 4.51. The van der Waals surface area contributed by atoms with Crippen molar-refractivity contribution in [3.63, 3.8) is 0 Å². The zero-order chi connectivity index (χ0) is 14.3. The molecule has 1 aromatic rings. The number of unbranched alkanes of at least 4 members (excludes halogenated alkanes) is 1. The average Bonchev–Trinajstić information content (AvgIpc) is 2.44. The van der Waals surface area contributed by atoms with Crippen LogP contribution < -0.4 is 0 Å². The first kappa shape index (κ1) is 15.4. The molecule has 0 saturated carbocycles. The number of rotatable bonds is 7. The summed E-state index contributed by atoms with van der Waals surface area (Å²) in [5, 5.41) is 0. The van der Waals surface area contributed by atoms with Crippen LogP contribution in [0.15, 0.2) is 24.3 Å². The molecule has 0 aliphatic heterocycles. The number of carbonyl (C=O) groups is 2. The van der Waals surface area contributed by atoms with Crippen molar-refractivity contribution in [3.05, 3.63) is 35.4 Å². The van der Waals surface area contributed by atoms with Crippen molar-refractivity contribution in [1.29, 1.82) is 0 Å². The van der Waals surface area contributed by atoms with E-state index in [1.165, 1.54) is 0 Å². The van der Waals surface area contributed by atoms with Crippen LogP contribution in [0.5, 0.6) is 0 Å². The highest BCUT2D eigenvalue weighted by atomic mass is 16.5. The highest BCUT2D eigenvalue weighted by Crippen LogP contribution is 2.15. The Morgan fingerprint density at radius 1 is 1.16 bits per heavy atom. The lowest BCUT2D eigenvalue weighted by Gasteiger charge is -2.13. The van der Waals surface area contributed by atoms with Gasteiger partial charge < -0.3 is 4.74 Å². The second-order valence-corrected chi connectivity index (χ2v) is 4.70. The van der Waals surface area contributed by atoms with Crippen molar-refractivity contribution in [2.24, 2.45) is 0 Å². The van der Waals surface area contributed by atoms with Crippen molar-refractivity contribution in [1.82, 2.24) is 0 Å². The lowest BCUT2D eigenvalue weighted by Crippen LogP contribution is -2.17. The zero-order valence-electron chi connectivity index (χ0n) is 11.9. The number of benzene rings is 1. The molecule has 0 spiro atoms. The van der Waals surface area contributed by atoms with Crippen molar-refractivity contribution in [2.75, 3.05) is 0 Å². The summed E-state index contributed by atoms with van der Waals surface area (Å²) in [4.78, 5) is 24.1. The molecule has 0 fully saturated rings. The molecule has 0 radical (unpaired) electrons. The normalized spacial score (nSPS) is 11.9. The van der Waals surface area contributed by atoms with E-state index in [4.69, 9.17) is 4.74 Å². The molecule has 0 bridgehead atoms. The van der Waals surface area contributed by atoms with Gasteiger partial charge in [-0.3, -0.25) is 4.79 Å². The maximum Gasteiger partial charge on any atom is 0.339 e. The first-order valence-corrected chi connectivity index (χ1v) is 6.93. The van der Waals surface area contributed by atoms with Crippen molar-refractivity contribution >= 4 is 11.8 Å². The fourth-order valence-electron chi connectivity index (χ4n) is 1.71. The van der Waals surface area contributed by atoms with E-state index in [1.54, 1.807) is 24.3 Å². The van der Waals surface area contributed by atoms with Gasteiger partial charge in [0.25, 0.3) is 0 Å². The summed E-state index contributed by atoms with van der Waals surface area (Å²) in [7, 11) is 0. The largest absolute Gasteiger partial charge is 0.459 e. The van der Waals surface area contributed by atoms with E-state index in [9.17, 15) is 9.59 Å². The van der Waals surface area contributed by atoms with Gasteiger partial charge in [-0.25, -0.2) is 4.79 Å². The quantitative estimate of drug-likeness (QED) is 0.550. The summed E-state index contributed by atoms with van der Waals surface area (Å²) in [6.07, 6.45) is 2.91. The van der Waals surface area contributed by atoms with Crippen molar-refractivity contribution in [3.8, 4) is 0 Å². The van der Waals surface area contributed by atoms with Gasteiger partial charge in [-0.1, -0.05) is 38.5 Å². The second kappa shape index (κ2) is 7.72. The Morgan fingerprint density at radius 3 is 2.37 bits per heavy atom. The van der Waals surface area contributed by atoms with E-state index in [0.29, 0.717) is 17.5 Å². The van der Waals surface area contributed by atoms with Gasteiger partial charge >= 0.3 is 5.97 Å². The molecule has 0 saturated heterocycles. The second-order valence-electron chi connectivity index (χ2n) is 4.70. The van der Waals surface area contributed by atoms with Crippen LogP contribution in [0.25, 0.3) is 0 Å². The van der Waals surface area contributed by atoms with Crippen LogP contribution in [0.2, 0.25) is 0 Å². The third-order valence-corrected chi connectivity index (χ3v) is 3.09. The molecule has 0 amide bonds. The van der Waals surface area contributed by atoms with Crippen molar-refractivity contribution in [2.45, 2.75) is 52.6 Å². The SMILES string of the molecule is CCCCC(=O)c1ccccc1C(=O)OC(C)CC. The van der Waals surface area contributed by atoms with E-state index in [-0.39, 0.29) is 11.9 Å². The standard InChI is InChI=1S/C16H22O3/c1-4-6-11-15(17)13-9-7-8-10-14(13)16(18)19-12(3)5-2/h7-10,12H,4-6,11H2,1-3H3. The van der Waals surface area contributed by atoms with Crippen LogP contribution in [0, 0.1) is 0 Å². The first-order valence-electron chi connectivity index (χ1n) is 6.93. The topological polar surface area (TPSA) is 43.4 Å². The van der Waals surface area contributed by atoms with Gasteiger partial charge in [0, 0.05) is 12.0 Å². The average molecular weight is 262 g/mol. The van der Waals surface area contributed by atoms with Gasteiger partial charge in [0.2, 0.25) is 0 Å². The summed E-state index contributed by atoms with van der Waals surface area (Å²) < 4.78 is 5.29. The molecular formula is C16H22O3. The molecular weight excluding hydrogens is 240 g/mol. The Bertz CT molecular complexity index is 437. The molecule has 0 heterocycles. The number of Topliss-reactive ketones (excluding diaryl/α,β-unsaturated/α-hetero) is 1. The minimum Gasteiger partial charge on any atom is -0.459 e. The summed E-state index contributed by atoms with van der Waals surface area (Å²) in [6.45, 7) is 5.84. The van der Waals surface area contributed by atoms with Crippen molar-refractivity contribution < 1.29 is 14.3 Å². The summed E-state index contributed by atoms with van der Waals surface area (Å²) >= 11 is 0. The summed E-state index contributed by atoms with van der Waals surface area (Å²) in [6, 6.07) is 6.89. The Balaban J connectivity index is 2.89. The van der Waals surface area contributed by atoms with E-state index < -0.39 is 5.97 Å². The molecule has 19 heavy (non-hydrogen) atoms. The van der Waals surface area contributed by atoms with Gasteiger partial charge in [-0.2, -0.15) is 0 Å². The number of carbonyl (C=O) groups excluding carboxylic acids is 2. The molecule has 3 nitrogen and oxygen atoms in total. The number of hydrogen-bond acceptors (Lipinski definition) is 3. The highest BCUT2D eigenvalue weighted by molar-refractivity contribution is 6.06. The minimum atomic E-state index is -0.408. The monoisotopic (exact) mass is 262 g/mol. The smallest absolute Gasteiger partial charge is 0.339 e. The number of hydrogen-bond donors (Lipinski definition) is 0. The molecule has 3 heteroatoms. The molecule has 1 unspecified atom stereocenters. The highest BCUT2D eigenvalue weighted by Gasteiger charge is 2.18. The van der Waals surface area contributed by atoms with Crippen LogP contribution in [0.3, 0.4) is 0 Å². The van der Waals surface area contributed by atoms with Gasteiger partial charge in [-0.15, -0.1) is 0 Å². The zero-order valence-corrected chi connectivity index (χ0v) is 11.9. The van der Waals surface area contributed by atoms with Crippen LogP contribution >= 0.6 is 0 Å². The Labute approximate surface area is 115 Å². The molecule has 0 aliphatic carbocycles. The fourth-order valence-corrected chi connectivity index (χ4v) is 1.71. The molecule has 104 valence electrons. The summed E-state index contributed by atoms with van der Waals surface area (Å²) in [5.74, 6) is -0.395. The Hall–Kier alpha value is -1.64. The molecule has 1 atom stereocenters. The van der Waals surface area contributed by atoms with Gasteiger partial charge in [0.1, 0.15) is 0 Å². The Kier molecular flexibility index (Phi) is 6.26. The minimum absolute atomic E-state index is 0.0125. The van der Waals surface area contributed by atoms with Gasteiger partial charge in [0.05, 0.1) is 11.7 Å². The maximum atomic E-state index is 12.1. The number of esters is 1. The fraction of sp³-hybridized carbons (Fsp3) is 0.500. The molecule has 0 aliphatic rings. The molecule has 0 aromatic heterocycles. The van der Waals surface area contributed by atoms with E-state index >= 15 is 0 Å². The molecule has 1 aromatic carbocycles. The molecule has 0 N–H and O–H groups in total. The van der Waals surface area contributed by atoms with Gasteiger partial charge in [-0.05, 0) is 25.8 Å². The van der Waals surface area contributed by atoms with Gasteiger partial charge in [0.15, 0.2) is 5.78 Å². The predicted octanol–water partition coefficient (Wildman–Crippen LogP) is 4.01. The van der Waals surface area contributed by atoms with E-state index in [2.05, 4.69) is 0 Å². The van der Waals surface area contributed by atoms with Crippen LogP contribution in [0.4, 0.5) is 0 Å². The van der Waals surface area contributed by atoms with Crippen LogP contribution in [-0.4, -0.2) is 17.9 Å². The molecule has 1 rings (SSSR count). The summed E-state index contributed by atoms with van der Waals surface area (Å²) in [5.41, 5.74) is 0.855. The lowest BCUT2D eigenvalue weighted by molar-refractivity contribution is 0.0332. The third-order valence-electron chi connectivity index (χ3n) is 3.09. The number of ether oxygens (including phenoxy) is 1. The maximum absolute atomic E-state index is 12.1. The van der Waals surface area contributed by atoms with Crippen LogP contribution in [0.1, 0.15) is 67.2 Å². The van der Waals surface area contributed by atoms with E-state index in [1.807, 2.05) is 20.8 Å². The Morgan fingerprint density at radius 2 is 1.79 bits per heavy atom. The first-order chi connectivity index (χ1) is 9.10. The van der Waals surface area contributed by atoms with E-state index in [0.717, 1.165) is 19.3 Å². The van der Waals surface area contributed by atoms with Crippen LogP contribution in [-0.2, 0) is 4.74 Å².